The Hall–Kier alpha value is -0.0800. The van der Waals surface area contributed by atoms with E-state index in [1.54, 1.807) is 0 Å². The SMILES string of the molecule is CCCC1CNCCC12CCOC(C)(CC)C2. The van der Waals surface area contributed by atoms with E-state index in [9.17, 15) is 0 Å². The lowest BCUT2D eigenvalue weighted by Crippen LogP contribution is -2.52. The molecule has 2 rings (SSSR count). The summed E-state index contributed by atoms with van der Waals surface area (Å²) in [5.74, 6) is 0.871. The molecule has 3 atom stereocenters. The van der Waals surface area contributed by atoms with Gasteiger partial charge in [0.1, 0.15) is 0 Å². The first-order valence-corrected chi connectivity index (χ1v) is 7.49. The van der Waals surface area contributed by atoms with Gasteiger partial charge in [0.2, 0.25) is 0 Å². The van der Waals surface area contributed by atoms with E-state index in [4.69, 9.17) is 4.74 Å². The van der Waals surface area contributed by atoms with E-state index in [0.717, 1.165) is 18.9 Å². The molecule has 2 nitrogen and oxygen atoms in total. The van der Waals surface area contributed by atoms with Crippen molar-refractivity contribution in [1.82, 2.24) is 5.32 Å². The normalized spacial score (nSPS) is 42.9. The Kier molecular flexibility index (Phi) is 4.14. The monoisotopic (exact) mass is 239 g/mol. The quantitative estimate of drug-likeness (QED) is 0.815. The second-order valence-electron chi connectivity index (χ2n) is 6.38. The van der Waals surface area contributed by atoms with Gasteiger partial charge < -0.3 is 10.1 Å². The zero-order valence-electron chi connectivity index (χ0n) is 11.8. The fraction of sp³-hybridized carbons (Fsp3) is 1.00. The minimum atomic E-state index is 0.140. The van der Waals surface area contributed by atoms with Crippen molar-refractivity contribution in [2.75, 3.05) is 19.7 Å². The van der Waals surface area contributed by atoms with Gasteiger partial charge in [0.15, 0.2) is 0 Å². The van der Waals surface area contributed by atoms with E-state index >= 15 is 0 Å². The van der Waals surface area contributed by atoms with Gasteiger partial charge in [-0.25, -0.2) is 0 Å². The van der Waals surface area contributed by atoms with E-state index in [0.29, 0.717) is 5.41 Å². The third kappa shape index (κ3) is 2.68. The molecular weight excluding hydrogens is 210 g/mol. The second kappa shape index (κ2) is 5.27. The standard InChI is InChI=1S/C15H29NO/c1-4-6-13-11-16-9-7-15(13)8-10-17-14(3,5-2)12-15/h13,16H,4-12H2,1-3H3. The van der Waals surface area contributed by atoms with Crippen LogP contribution in [-0.2, 0) is 4.74 Å². The zero-order valence-corrected chi connectivity index (χ0v) is 11.8. The molecule has 2 fully saturated rings. The van der Waals surface area contributed by atoms with E-state index < -0.39 is 0 Å². The van der Waals surface area contributed by atoms with Crippen LogP contribution in [0.5, 0.6) is 0 Å². The van der Waals surface area contributed by atoms with Crippen molar-refractivity contribution in [3.8, 4) is 0 Å². The molecule has 0 amide bonds. The average molecular weight is 239 g/mol. The number of nitrogens with one attached hydrogen (secondary N) is 1. The molecule has 0 radical (unpaired) electrons. The molecule has 1 spiro atoms. The van der Waals surface area contributed by atoms with Crippen LogP contribution in [-0.4, -0.2) is 25.3 Å². The van der Waals surface area contributed by atoms with Crippen LogP contribution < -0.4 is 5.32 Å². The summed E-state index contributed by atoms with van der Waals surface area (Å²) in [5, 5.41) is 3.60. The minimum absolute atomic E-state index is 0.140. The number of hydrogen-bond donors (Lipinski definition) is 1. The van der Waals surface area contributed by atoms with Gasteiger partial charge in [-0.1, -0.05) is 20.3 Å². The van der Waals surface area contributed by atoms with Gasteiger partial charge in [-0.2, -0.15) is 0 Å². The molecule has 0 aromatic carbocycles. The Balaban J connectivity index is 2.13. The van der Waals surface area contributed by atoms with E-state index in [-0.39, 0.29) is 5.60 Å². The lowest BCUT2D eigenvalue weighted by atomic mass is 9.61. The summed E-state index contributed by atoms with van der Waals surface area (Å²) >= 11 is 0. The lowest BCUT2D eigenvalue weighted by molar-refractivity contribution is -0.141. The Bertz CT molecular complexity index is 249. The van der Waals surface area contributed by atoms with Crippen LogP contribution in [0.4, 0.5) is 0 Å². The van der Waals surface area contributed by atoms with Crippen molar-refractivity contribution in [2.45, 2.75) is 64.9 Å². The van der Waals surface area contributed by atoms with Crippen molar-refractivity contribution in [3.63, 3.8) is 0 Å². The fourth-order valence-corrected chi connectivity index (χ4v) is 3.96. The molecule has 2 aliphatic rings. The average Bonchev–Trinajstić information content (AvgIpc) is 2.33. The first-order valence-electron chi connectivity index (χ1n) is 7.49. The third-order valence-electron chi connectivity index (χ3n) is 5.22. The molecule has 0 aromatic heterocycles. The Morgan fingerprint density at radius 2 is 2.12 bits per heavy atom. The summed E-state index contributed by atoms with van der Waals surface area (Å²) in [5.41, 5.74) is 0.714. The third-order valence-corrected chi connectivity index (χ3v) is 5.22. The van der Waals surface area contributed by atoms with Crippen molar-refractivity contribution in [2.24, 2.45) is 11.3 Å². The van der Waals surface area contributed by atoms with E-state index in [1.807, 2.05) is 0 Å². The molecule has 2 aliphatic heterocycles. The summed E-state index contributed by atoms with van der Waals surface area (Å²) in [6.07, 6.45) is 7.78. The largest absolute Gasteiger partial charge is 0.375 e. The summed E-state index contributed by atoms with van der Waals surface area (Å²) < 4.78 is 6.05. The van der Waals surface area contributed by atoms with Crippen molar-refractivity contribution in [1.29, 1.82) is 0 Å². The fourth-order valence-electron chi connectivity index (χ4n) is 3.96. The Morgan fingerprint density at radius 3 is 2.82 bits per heavy atom. The van der Waals surface area contributed by atoms with E-state index in [2.05, 4.69) is 26.1 Å². The van der Waals surface area contributed by atoms with Gasteiger partial charge in [-0.3, -0.25) is 0 Å². The van der Waals surface area contributed by atoms with E-state index in [1.165, 1.54) is 45.2 Å². The molecule has 2 heterocycles. The topological polar surface area (TPSA) is 21.3 Å². The molecule has 100 valence electrons. The summed E-state index contributed by atoms with van der Waals surface area (Å²) in [6.45, 7) is 10.3. The predicted molar refractivity (Wildman–Crippen MR) is 72.2 cm³/mol. The van der Waals surface area contributed by atoms with Gasteiger partial charge in [0, 0.05) is 6.61 Å². The maximum atomic E-state index is 6.05. The number of piperidine rings is 1. The maximum absolute atomic E-state index is 6.05. The minimum Gasteiger partial charge on any atom is -0.375 e. The molecule has 0 aromatic rings. The molecule has 2 saturated heterocycles. The first kappa shape index (κ1) is 13.4. The van der Waals surface area contributed by atoms with Crippen molar-refractivity contribution < 1.29 is 4.74 Å². The second-order valence-corrected chi connectivity index (χ2v) is 6.38. The summed E-state index contributed by atoms with van der Waals surface area (Å²) in [7, 11) is 0. The molecule has 0 saturated carbocycles. The molecule has 3 unspecified atom stereocenters. The maximum Gasteiger partial charge on any atom is 0.0657 e. The van der Waals surface area contributed by atoms with Gasteiger partial charge in [0.05, 0.1) is 5.60 Å². The van der Waals surface area contributed by atoms with Crippen LogP contribution in [0.3, 0.4) is 0 Å². The predicted octanol–water partition coefficient (Wildman–Crippen LogP) is 3.36. The van der Waals surface area contributed by atoms with Crippen LogP contribution in [0.1, 0.15) is 59.3 Å². The Morgan fingerprint density at radius 1 is 1.29 bits per heavy atom. The van der Waals surface area contributed by atoms with Crippen LogP contribution >= 0.6 is 0 Å². The zero-order chi connectivity index (χ0) is 12.4. The molecule has 2 heteroatoms. The van der Waals surface area contributed by atoms with Crippen molar-refractivity contribution in [3.05, 3.63) is 0 Å². The number of hydrogen-bond acceptors (Lipinski definition) is 2. The molecule has 1 N–H and O–H groups in total. The van der Waals surface area contributed by atoms with Crippen LogP contribution in [0.2, 0.25) is 0 Å². The molecule has 0 bridgehead atoms. The van der Waals surface area contributed by atoms with Gasteiger partial charge in [-0.05, 0) is 63.5 Å². The van der Waals surface area contributed by atoms with Crippen molar-refractivity contribution >= 4 is 0 Å². The highest BCUT2D eigenvalue weighted by atomic mass is 16.5. The summed E-state index contributed by atoms with van der Waals surface area (Å²) in [4.78, 5) is 0. The lowest BCUT2D eigenvalue weighted by Gasteiger charge is -2.52. The molecule has 17 heavy (non-hydrogen) atoms. The molecule has 0 aliphatic carbocycles. The molecular formula is C15H29NO. The van der Waals surface area contributed by atoms with Gasteiger partial charge in [0.25, 0.3) is 0 Å². The number of rotatable bonds is 3. The first-order chi connectivity index (χ1) is 8.14. The highest BCUT2D eigenvalue weighted by molar-refractivity contribution is 4.98. The number of ether oxygens (including phenoxy) is 1. The highest BCUT2D eigenvalue weighted by Gasteiger charge is 2.47. The smallest absolute Gasteiger partial charge is 0.0657 e. The Labute approximate surface area is 107 Å². The van der Waals surface area contributed by atoms with Crippen LogP contribution in [0.25, 0.3) is 0 Å². The summed E-state index contributed by atoms with van der Waals surface area (Å²) in [6, 6.07) is 0. The van der Waals surface area contributed by atoms with Gasteiger partial charge in [-0.15, -0.1) is 0 Å². The van der Waals surface area contributed by atoms with Crippen LogP contribution in [0.15, 0.2) is 0 Å². The van der Waals surface area contributed by atoms with Crippen LogP contribution in [0, 0.1) is 11.3 Å². The van der Waals surface area contributed by atoms with Gasteiger partial charge >= 0.3 is 0 Å². The highest BCUT2D eigenvalue weighted by Crippen LogP contribution is 2.50.